The molecule has 0 saturated heterocycles. The van der Waals surface area contributed by atoms with Crippen LogP contribution in [0.25, 0.3) is 38.0 Å². The van der Waals surface area contributed by atoms with E-state index in [1.165, 1.54) is 0 Å². The second-order valence-electron chi connectivity index (χ2n) is 8.11. The van der Waals surface area contributed by atoms with E-state index < -0.39 is 6.37 Å². The summed E-state index contributed by atoms with van der Waals surface area (Å²) in [6.07, 6.45) is -1.44. The van der Waals surface area contributed by atoms with Gasteiger partial charge in [-0.15, -0.1) is 0 Å². The third-order valence-electron chi connectivity index (χ3n) is 5.55. The monoisotopic (exact) mass is 385 g/mol. The number of fused-ring (bicyclic) bond motifs is 3. The number of pyridine rings is 1. The number of aromatic nitrogens is 1. The fraction of sp³-hybridized carbons (Fsp3) is 0.308. The lowest BCUT2D eigenvalue weighted by Crippen LogP contribution is -2.35. The van der Waals surface area contributed by atoms with Crippen LogP contribution in [0.1, 0.15) is 39.0 Å². The summed E-state index contributed by atoms with van der Waals surface area (Å²) in [5, 5.41) is 2.00. The average molecular weight is 386 g/mol. The zero-order chi connectivity index (χ0) is 22.7. The highest BCUT2D eigenvalue weighted by atomic mass is 16.3. The van der Waals surface area contributed by atoms with Crippen molar-refractivity contribution in [3.05, 3.63) is 70.2 Å². The van der Waals surface area contributed by atoms with Crippen molar-refractivity contribution in [3.8, 4) is 11.3 Å². The fourth-order valence-electron chi connectivity index (χ4n) is 3.97. The van der Waals surface area contributed by atoms with Gasteiger partial charge in [0.25, 0.3) is 0 Å². The Morgan fingerprint density at radius 2 is 1.83 bits per heavy atom. The summed E-state index contributed by atoms with van der Waals surface area (Å²) in [5.41, 5.74) is 7.60. The molecule has 0 aliphatic rings. The molecular weight excluding hydrogens is 356 g/mol. The minimum absolute atomic E-state index is 0.148. The Labute approximate surface area is 175 Å². The highest BCUT2D eigenvalue weighted by Crippen LogP contribution is 2.39. The van der Waals surface area contributed by atoms with E-state index in [4.69, 9.17) is 13.7 Å². The smallest absolute Gasteiger partial charge is 0.216 e. The molecule has 0 aliphatic heterocycles. The number of benzene rings is 2. The number of furan rings is 1. The predicted molar refractivity (Wildman–Crippen MR) is 119 cm³/mol. The number of hydrogen-bond donors (Lipinski definition) is 0. The van der Waals surface area contributed by atoms with Crippen molar-refractivity contribution in [2.45, 2.75) is 41.0 Å². The van der Waals surface area contributed by atoms with Gasteiger partial charge >= 0.3 is 0 Å². The summed E-state index contributed by atoms with van der Waals surface area (Å²) < 4.78 is 25.7. The van der Waals surface area contributed by atoms with Gasteiger partial charge in [-0.25, -0.2) is 4.85 Å². The molecule has 4 rings (SSSR count). The molecule has 0 bridgehead atoms. The quantitative estimate of drug-likeness (QED) is 0.282. The summed E-state index contributed by atoms with van der Waals surface area (Å²) in [6.45, 7) is 17.2. The predicted octanol–water partition coefficient (Wildman–Crippen LogP) is 6.75. The normalized spacial score (nSPS) is 13.0. The lowest BCUT2D eigenvalue weighted by molar-refractivity contribution is -0.666. The maximum atomic E-state index is 8.63. The highest BCUT2D eigenvalue weighted by molar-refractivity contribution is 6.10. The molecule has 0 unspecified atom stereocenters. The Balaban J connectivity index is 2.09. The first-order chi connectivity index (χ1) is 14.6. The van der Waals surface area contributed by atoms with Gasteiger partial charge in [-0.1, -0.05) is 32.0 Å². The van der Waals surface area contributed by atoms with Gasteiger partial charge in [0.05, 0.1) is 12.1 Å². The maximum absolute atomic E-state index is 8.63. The van der Waals surface area contributed by atoms with Gasteiger partial charge in [0, 0.05) is 32.6 Å². The van der Waals surface area contributed by atoms with Crippen LogP contribution < -0.4 is 4.57 Å². The van der Waals surface area contributed by atoms with Crippen molar-refractivity contribution in [2.24, 2.45) is 13.0 Å². The highest BCUT2D eigenvalue weighted by Gasteiger charge is 2.23. The number of rotatable bonds is 3. The first-order valence-electron chi connectivity index (χ1n) is 10.9. The molecule has 0 aliphatic carbocycles. The van der Waals surface area contributed by atoms with E-state index in [9.17, 15) is 0 Å². The molecule has 0 radical (unpaired) electrons. The van der Waals surface area contributed by atoms with Crippen LogP contribution in [-0.4, -0.2) is 0 Å². The zero-order valence-electron chi connectivity index (χ0n) is 19.8. The fourth-order valence-corrected chi connectivity index (χ4v) is 3.97. The van der Waals surface area contributed by atoms with E-state index in [-0.39, 0.29) is 5.92 Å². The molecule has 4 aromatic rings. The van der Waals surface area contributed by atoms with Crippen molar-refractivity contribution in [2.75, 3.05) is 0 Å². The van der Waals surface area contributed by atoms with Gasteiger partial charge in [-0.3, -0.25) is 0 Å². The number of hydrogen-bond acceptors (Lipinski definition) is 1. The summed E-state index contributed by atoms with van der Waals surface area (Å²) >= 11 is 0. The van der Waals surface area contributed by atoms with Crippen molar-refractivity contribution >= 4 is 27.6 Å². The average Bonchev–Trinajstić information content (AvgIpc) is 3.06. The van der Waals surface area contributed by atoms with Gasteiger partial charge in [-0.2, -0.15) is 4.57 Å². The molecular formula is C26H27N2O+. The Morgan fingerprint density at radius 3 is 2.52 bits per heavy atom. The van der Waals surface area contributed by atoms with E-state index in [2.05, 4.69) is 28.5 Å². The van der Waals surface area contributed by atoms with E-state index in [1.807, 2.05) is 59.0 Å². The largest absolute Gasteiger partial charge is 0.456 e. The number of aryl methyl sites for hydroxylation is 3. The molecule has 0 saturated carbocycles. The minimum atomic E-state index is -1.44. The summed E-state index contributed by atoms with van der Waals surface area (Å²) in [6, 6.07) is 11.9. The van der Waals surface area contributed by atoms with Crippen LogP contribution in [0.5, 0.6) is 0 Å². The summed E-state index contributed by atoms with van der Waals surface area (Å²) in [5.74, 6) is -0.148. The second kappa shape index (κ2) is 7.04. The molecule has 0 N–H and O–H groups in total. The van der Waals surface area contributed by atoms with Crippen molar-refractivity contribution in [1.29, 1.82) is 0 Å². The molecule has 3 heteroatoms. The van der Waals surface area contributed by atoms with Crippen LogP contribution >= 0.6 is 0 Å². The van der Waals surface area contributed by atoms with Gasteiger partial charge in [-0.05, 0) is 48.9 Å². The van der Waals surface area contributed by atoms with Gasteiger partial charge in [0.2, 0.25) is 5.69 Å². The van der Waals surface area contributed by atoms with E-state index in [0.29, 0.717) is 16.8 Å². The maximum Gasteiger partial charge on any atom is 0.216 e. The van der Waals surface area contributed by atoms with Crippen molar-refractivity contribution in [1.82, 2.24) is 0 Å². The van der Waals surface area contributed by atoms with Gasteiger partial charge in [0.1, 0.15) is 18.2 Å². The summed E-state index contributed by atoms with van der Waals surface area (Å²) in [4.78, 5) is 3.61. The Bertz CT molecular complexity index is 1390. The second-order valence-corrected chi connectivity index (χ2v) is 8.11. The molecule has 0 spiro atoms. The first-order valence-corrected chi connectivity index (χ1v) is 9.91. The third-order valence-corrected chi connectivity index (χ3v) is 5.55. The molecule has 146 valence electrons. The topological polar surface area (TPSA) is 21.4 Å². The molecule has 0 amide bonds. The SMILES string of the molecule is [2H]C([2H])(c1cc(C)[n+](C)c(-c2c(C)ccc3c2oc2cc([N+]#[C-])c(C)cc23)c1)C(C)C. The van der Waals surface area contributed by atoms with E-state index in [0.717, 1.165) is 44.4 Å². The molecule has 2 aromatic heterocycles. The van der Waals surface area contributed by atoms with Crippen LogP contribution in [0.4, 0.5) is 5.69 Å². The van der Waals surface area contributed by atoms with Gasteiger partial charge in [0.15, 0.2) is 11.4 Å². The minimum Gasteiger partial charge on any atom is -0.456 e. The molecule has 0 fully saturated rings. The van der Waals surface area contributed by atoms with Crippen molar-refractivity contribution in [3.63, 3.8) is 0 Å². The Morgan fingerprint density at radius 1 is 1.07 bits per heavy atom. The van der Waals surface area contributed by atoms with Crippen molar-refractivity contribution < 1.29 is 11.7 Å². The molecule has 0 atom stereocenters. The van der Waals surface area contributed by atoms with Crippen LogP contribution in [0.15, 0.2) is 40.8 Å². The lowest BCUT2D eigenvalue weighted by Gasteiger charge is -2.11. The third kappa shape index (κ3) is 3.19. The van der Waals surface area contributed by atoms with Crippen LogP contribution in [0.2, 0.25) is 0 Å². The molecule has 2 aromatic carbocycles. The standard InChI is InChI=1S/C26H27N2O/c1-15(2)10-19-12-18(5)28(7)23(13-19)25-16(3)8-9-20-21-11-17(4)22(27-6)14-24(21)29-26(20)25/h8-9,11-15H,10H2,1-5,7H3/q+1/i10D2. The lowest BCUT2D eigenvalue weighted by atomic mass is 9.96. The molecule has 29 heavy (non-hydrogen) atoms. The first kappa shape index (κ1) is 16.8. The Hall–Kier alpha value is -3.12. The van der Waals surface area contributed by atoms with Gasteiger partial charge < -0.3 is 4.42 Å². The van der Waals surface area contributed by atoms with E-state index in [1.54, 1.807) is 0 Å². The molecule has 3 nitrogen and oxygen atoms in total. The van der Waals surface area contributed by atoms with E-state index >= 15 is 0 Å². The molecule has 2 heterocycles. The summed E-state index contributed by atoms with van der Waals surface area (Å²) in [7, 11) is 2.00. The van der Waals surface area contributed by atoms with Crippen LogP contribution in [0, 0.1) is 33.3 Å². The number of nitrogens with zero attached hydrogens (tertiary/aromatic N) is 2. The van der Waals surface area contributed by atoms with Crippen LogP contribution in [0.3, 0.4) is 0 Å². The Kier molecular flexibility index (Phi) is 4.08. The zero-order valence-corrected chi connectivity index (χ0v) is 17.8. The van der Waals surface area contributed by atoms with Crippen LogP contribution in [-0.2, 0) is 13.4 Å².